The summed E-state index contributed by atoms with van der Waals surface area (Å²) in [6, 6.07) is 0. The van der Waals surface area contributed by atoms with Gasteiger partial charge in [-0.25, -0.2) is 0 Å². The van der Waals surface area contributed by atoms with Gasteiger partial charge in [0.05, 0.1) is 0 Å². The second-order valence-electron chi connectivity index (χ2n) is 11.3. The Kier molecular flexibility index (Phi) is 11.7. The maximum absolute atomic E-state index is 13.1. The van der Waals surface area contributed by atoms with Crippen molar-refractivity contribution in [2.75, 3.05) is 0 Å². The fourth-order valence-electron chi connectivity index (χ4n) is 7.19. The van der Waals surface area contributed by atoms with E-state index in [1.807, 2.05) is 6.92 Å². The second kappa shape index (κ2) is 13.7. The minimum atomic E-state index is -0.785. The first-order valence-electron chi connectivity index (χ1n) is 14.3. The quantitative estimate of drug-likeness (QED) is 0.204. The number of rotatable bonds is 13. The van der Waals surface area contributed by atoms with Gasteiger partial charge < -0.3 is 9.47 Å². The van der Waals surface area contributed by atoms with Crippen molar-refractivity contribution in [1.82, 2.24) is 0 Å². The fraction of sp³-hybridized carbons (Fsp3) is 0.931. The molecule has 0 bridgehead atoms. The minimum Gasteiger partial charge on any atom is -0.462 e. The zero-order chi connectivity index (χ0) is 24.3. The molecular weight excluding hydrogens is 412 g/mol. The molecule has 33 heavy (non-hydrogen) atoms. The van der Waals surface area contributed by atoms with E-state index in [4.69, 9.17) is 9.47 Å². The lowest BCUT2D eigenvalue weighted by molar-refractivity contribution is -0.172. The van der Waals surface area contributed by atoms with E-state index in [0.29, 0.717) is 17.3 Å². The van der Waals surface area contributed by atoms with Crippen LogP contribution in [0.25, 0.3) is 0 Å². The van der Waals surface area contributed by atoms with Crippen LogP contribution in [-0.4, -0.2) is 24.1 Å². The highest BCUT2D eigenvalue weighted by atomic mass is 16.6. The van der Waals surface area contributed by atoms with Gasteiger partial charge in [0.15, 0.2) is 5.92 Å². The molecule has 0 aliphatic heterocycles. The van der Waals surface area contributed by atoms with Crippen LogP contribution >= 0.6 is 0 Å². The van der Waals surface area contributed by atoms with Crippen molar-refractivity contribution in [3.63, 3.8) is 0 Å². The molecule has 0 amide bonds. The van der Waals surface area contributed by atoms with Crippen LogP contribution in [0.3, 0.4) is 0 Å². The Labute approximate surface area is 203 Å². The first-order valence-corrected chi connectivity index (χ1v) is 14.3. The van der Waals surface area contributed by atoms with Crippen LogP contribution in [-0.2, 0) is 19.1 Å². The third-order valence-electron chi connectivity index (χ3n) is 8.45. The zero-order valence-electron chi connectivity index (χ0n) is 22.4. The Bertz CT molecular complexity index is 525. The Balaban J connectivity index is 1.97. The van der Waals surface area contributed by atoms with Crippen molar-refractivity contribution in [3.05, 3.63) is 0 Å². The van der Waals surface area contributed by atoms with E-state index in [2.05, 4.69) is 27.7 Å². The monoisotopic (exact) mass is 464 g/mol. The number of carbonyl (C=O) groups is 2. The van der Waals surface area contributed by atoms with Crippen LogP contribution in [0.2, 0.25) is 0 Å². The highest BCUT2D eigenvalue weighted by molar-refractivity contribution is 5.95. The summed E-state index contributed by atoms with van der Waals surface area (Å²) in [5.41, 5.74) is 0.609. The van der Waals surface area contributed by atoms with Gasteiger partial charge in [0.1, 0.15) is 12.2 Å². The SMILES string of the molecule is CCCC1(CCC)CCCC(OC(=O)C(CC)C(=O)OC2CCCC(CCC)(CCC)C2)C1. The number of carbonyl (C=O) groups excluding carboxylic acids is 2. The maximum atomic E-state index is 13.1. The average Bonchev–Trinajstić information content (AvgIpc) is 2.75. The topological polar surface area (TPSA) is 52.6 Å². The smallest absolute Gasteiger partial charge is 0.320 e. The van der Waals surface area contributed by atoms with E-state index in [-0.39, 0.29) is 24.1 Å². The lowest BCUT2D eigenvalue weighted by Gasteiger charge is -2.41. The van der Waals surface area contributed by atoms with Gasteiger partial charge in [0.25, 0.3) is 0 Å². The number of hydrogen-bond donors (Lipinski definition) is 0. The van der Waals surface area contributed by atoms with E-state index in [9.17, 15) is 9.59 Å². The summed E-state index contributed by atoms with van der Waals surface area (Å²) in [5.74, 6) is -1.51. The predicted molar refractivity (Wildman–Crippen MR) is 135 cm³/mol. The molecule has 2 aliphatic rings. The molecule has 4 heteroatoms. The molecule has 0 N–H and O–H groups in total. The molecule has 2 unspecified atom stereocenters. The number of hydrogen-bond acceptors (Lipinski definition) is 4. The van der Waals surface area contributed by atoms with E-state index >= 15 is 0 Å². The average molecular weight is 465 g/mol. The highest BCUT2D eigenvalue weighted by Gasteiger charge is 2.40. The van der Waals surface area contributed by atoms with Gasteiger partial charge in [0, 0.05) is 0 Å². The molecule has 0 radical (unpaired) electrons. The lowest BCUT2D eigenvalue weighted by atomic mass is 9.67. The van der Waals surface area contributed by atoms with Gasteiger partial charge in [0.2, 0.25) is 0 Å². The molecule has 4 nitrogen and oxygen atoms in total. The lowest BCUT2D eigenvalue weighted by Crippen LogP contribution is -2.39. The van der Waals surface area contributed by atoms with Gasteiger partial charge in [-0.2, -0.15) is 0 Å². The third kappa shape index (κ3) is 7.99. The van der Waals surface area contributed by atoms with Crippen LogP contribution in [0, 0.1) is 16.7 Å². The maximum Gasteiger partial charge on any atom is 0.320 e. The standard InChI is InChI=1S/C29H52O4/c1-6-15-28(16-7-2)19-11-13-23(21-28)32-26(30)25(10-5)27(31)33-24-14-12-20-29(22-24,17-8-3)18-9-4/h23-25H,6-22H2,1-5H3. The summed E-state index contributed by atoms with van der Waals surface area (Å²) in [5, 5.41) is 0. The van der Waals surface area contributed by atoms with Crippen molar-refractivity contribution in [2.45, 2.75) is 156 Å². The summed E-state index contributed by atoms with van der Waals surface area (Å²) >= 11 is 0. The van der Waals surface area contributed by atoms with Gasteiger partial charge in [-0.1, -0.05) is 60.3 Å². The second-order valence-corrected chi connectivity index (χ2v) is 11.3. The zero-order valence-corrected chi connectivity index (χ0v) is 22.4. The Morgan fingerprint density at radius 1 is 0.697 bits per heavy atom. The molecule has 0 aromatic carbocycles. The van der Waals surface area contributed by atoms with Crippen molar-refractivity contribution in [3.8, 4) is 0 Å². The highest BCUT2D eigenvalue weighted by Crippen LogP contribution is 2.46. The van der Waals surface area contributed by atoms with E-state index < -0.39 is 5.92 Å². The Hall–Kier alpha value is -1.06. The van der Waals surface area contributed by atoms with Crippen LogP contribution in [0.5, 0.6) is 0 Å². The van der Waals surface area contributed by atoms with E-state index in [1.54, 1.807) is 0 Å². The largest absolute Gasteiger partial charge is 0.462 e. The van der Waals surface area contributed by atoms with Gasteiger partial charge in [-0.05, 0) is 94.3 Å². The molecule has 2 fully saturated rings. The Morgan fingerprint density at radius 2 is 1.06 bits per heavy atom. The summed E-state index contributed by atoms with van der Waals surface area (Å²) in [6.07, 6.45) is 18.3. The molecule has 0 saturated heterocycles. The predicted octanol–water partition coefficient (Wildman–Crippen LogP) is 8.16. The van der Waals surface area contributed by atoms with Crippen molar-refractivity contribution in [2.24, 2.45) is 16.7 Å². The minimum absolute atomic E-state index is 0.0531. The first kappa shape index (κ1) is 28.2. The van der Waals surface area contributed by atoms with Crippen LogP contribution in [0.1, 0.15) is 144 Å². The number of esters is 2. The molecular formula is C29H52O4. The van der Waals surface area contributed by atoms with Crippen LogP contribution in [0.4, 0.5) is 0 Å². The first-order chi connectivity index (χ1) is 15.9. The normalized spacial score (nSPS) is 25.2. The molecule has 0 heterocycles. The molecule has 192 valence electrons. The molecule has 2 rings (SSSR count). The summed E-state index contributed by atoms with van der Waals surface area (Å²) in [6.45, 7) is 10.9. The van der Waals surface area contributed by atoms with E-state index in [0.717, 1.165) is 38.5 Å². The van der Waals surface area contributed by atoms with Crippen molar-refractivity contribution in [1.29, 1.82) is 0 Å². The number of ether oxygens (including phenoxy) is 2. The van der Waals surface area contributed by atoms with Crippen molar-refractivity contribution < 1.29 is 19.1 Å². The summed E-state index contributed by atoms with van der Waals surface area (Å²) in [4.78, 5) is 26.1. The van der Waals surface area contributed by atoms with Gasteiger partial charge in [-0.15, -0.1) is 0 Å². The Morgan fingerprint density at radius 3 is 1.36 bits per heavy atom. The van der Waals surface area contributed by atoms with Crippen LogP contribution in [0.15, 0.2) is 0 Å². The van der Waals surface area contributed by atoms with Crippen molar-refractivity contribution >= 4 is 11.9 Å². The van der Waals surface area contributed by atoms with Gasteiger partial charge >= 0.3 is 11.9 Å². The molecule has 2 aliphatic carbocycles. The molecule has 0 aromatic rings. The molecule has 2 atom stereocenters. The third-order valence-corrected chi connectivity index (χ3v) is 8.45. The molecule has 2 saturated carbocycles. The van der Waals surface area contributed by atoms with Crippen LogP contribution < -0.4 is 0 Å². The van der Waals surface area contributed by atoms with Gasteiger partial charge in [-0.3, -0.25) is 9.59 Å². The summed E-state index contributed by atoms with van der Waals surface area (Å²) < 4.78 is 12.0. The van der Waals surface area contributed by atoms with E-state index in [1.165, 1.54) is 64.2 Å². The fourth-order valence-corrected chi connectivity index (χ4v) is 7.19. The summed E-state index contributed by atoms with van der Waals surface area (Å²) in [7, 11) is 0. The molecule has 0 aromatic heterocycles. The molecule has 0 spiro atoms.